The maximum absolute atomic E-state index is 12.4. The number of fused-ring (bicyclic) bond motifs is 3. The number of carbonyl (C=O) groups excluding carboxylic acids is 1. The highest BCUT2D eigenvalue weighted by atomic mass is 19.4. The minimum Gasteiger partial charge on any atom is -0.406 e. The Bertz CT molecular complexity index is 1220. The zero-order chi connectivity index (χ0) is 23.9. The van der Waals surface area contributed by atoms with Crippen molar-refractivity contribution in [3.8, 4) is 5.75 Å². The van der Waals surface area contributed by atoms with Gasteiger partial charge in [0.2, 0.25) is 11.9 Å². The third kappa shape index (κ3) is 4.91. The van der Waals surface area contributed by atoms with Crippen molar-refractivity contribution in [1.82, 2.24) is 15.3 Å². The molecule has 7 nitrogen and oxygen atoms in total. The molecule has 0 radical (unpaired) electrons. The molecule has 3 heterocycles. The second-order valence-electron chi connectivity index (χ2n) is 8.73. The summed E-state index contributed by atoms with van der Waals surface area (Å²) in [5, 5.41) is 7.24. The zero-order valence-corrected chi connectivity index (χ0v) is 18.5. The molecule has 0 spiro atoms. The lowest BCUT2D eigenvalue weighted by Crippen LogP contribution is -2.44. The van der Waals surface area contributed by atoms with Gasteiger partial charge in [0, 0.05) is 42.7 Å². The Balaban J connectivity index is 1.21. The van der Waals surface area contributed by atoms with Gasteiger partial charge in [-0.3, -0.25) is 4.79 Å². The minimum atomic E-state index is -4.72. The van der Waals surface area contributed by atoms with E-state index >= 15 is 0 Å². The van der Waals surface area contributed by atoms with E-state index < -0.39 is 6.36 Å². The molecule has 2 aliphatic heterocycles. The molecule has 2 unspecified atom stereocenters. The molecule has 2 aliphatic rings. The van der Waals surface area contributed by atoms with Gasteiger partial charge in [-0.2, -0.15) is 0 Å². The minimum absolute atomic E-state index is 0.189. The van der Waals surface area contributed by atoms with Crippen molar-refractivity contribution in [2.24, 2.45) is 0 Å². The highest BCUT2D eigenvalue weighted by molar-refractivity contribution is 5.94. The Morgan fingerprint density at radius 1 is 1.21 bits per heavy atom. The van der Waals surface area contributed by atoms with Crippen molar-refractivity contribution in [2.45, 2.75) is 44.6 Å². The molecule has 178 valence electrons. The lowest BCUT2D eigenvalue weighted by Gasteiger charge is -2.27. The van der Waals surface area contributed by atoms with Crippen molar-refractivity contribution in [2.75, 3.05) is 23.3 Å². The number of rotatable bonds is 6. The summed E-state index contributed by atoms with van der Waals surface area (Å²) >= 11 is 0. The number of anilines is 2. The Labute approximate surface area is 194 Å². The van der Waals surface area contributed by atoms with Crippen LogP contribution in [0.1, 0.15) is 24.1 Å². The van der Waals surface area contributed by atoms with Crippen LogP contribution in [0.15, 0.2) is 42.5 Å². The largest absolute Gasteiger partial charge is 0.573 e. The number of halogens is 3. The van der Waals surface area contributed by atoms with Gasteiger partial charge in [0.05, 0.1) is 11.2 Å². The van der Waals surface area contributed by atoms with Gasteiger partial charge in [-0.25, -0.2) is 9.97 Å². The topological polar surface area (TPSA) is 79.4 Å². The van der Waals surface area contributed by atoms with Gasteiger partial charge < -0.3 is 20.3 Å². The molecule has 0 saturated carbocycles. The van der Waals surface area contributed by atoms with E-state index in [1.54, 1.807) is 0 Å². The molecule has 2 N–H and O–H groups in total. The number of aromatic nitrogens is 2. The summed E-state index contributed by atoms with van der Waals surface area (Å²) in [6, 6.07) is 12.0. The first kappa shape index (κ1) is 22.4. The summed E-state index contributed by atoms with van der Waals surface area (Å²) in [6.45, 7) is 3.82. The predicted molar refractivity (Wildman–Crippen MR) is 122 cm³/mol. The lowest BCUT2D eigenvalue weighted by atomic mass is 10.1. The predicted octanol–water partition coefficient (Wildman–Crippen LogP) is 3.96. The van der Waals surface area contributed by atoms with E-state index in [1.165, 1.54) is 24.3 Å². The number of nitrogens with zero attached hydrogens (tertiary/aromatic N) is 3. The van der Waals surface area contributed by atoms with Crippen molar-refractivity contribution in [3.63, 3.8) is 0 Å². The van der Waals surface area contributed by atoms with E-state index in [2.05, 4.69) is 20.3 Å². The number of aryl methyl sites for hydroxylation is 2. The number of amides is 1. The van der Waals surface area contributed by atoms with Crippen LogP contribution >= 0.6 is 0 Å². The first-order valence-electron chi connectivity index (χ1n) is 11.2. The Morgan fingerprint density at radius 2 is 2.00 bits per heavy atom. The number of alkyl halides is 3. The lowest BCUT2D eigenvalue weighted by molar-refractivity contribution is -0.274. The molecule has 34 heavy (non-hydrogen) atoms. The first-order chi connectivity index (χ1) is 16.2. The molecule has 2 bridgehead atoms. The SMILES string of the molecule is Cc1nc(N2CC3CC2CN3)nc2ccc(NC(=O)CCc3ccc(OC(F)(F)F)cc3)cc12. The average molecular weight is 471 g/mol. The van der Waals surface area contributed by atoms with Gasteiger partial charge in [-0.05, 0) is 55.7 Å². The standard InChI is InChI=1S/C24H24F3N5O2/c1-14-20-11-16(5-8-21(20)31-23(29-14)32-13-17-10-18(32)12-28-17)30-22(33)9-4-15-2-6-19(7-3-15)34-24(25,26)27/h2-3,5-8,11,17-18,28H,4,9-10,12-13H2,1H3,(H,30,33). The number of carbonyl (C=O) groups is 1. The zero-order valence-electron chi connectivity index (χ0n) is 18.5. The quantitative estimate of drug-likeness (QED) is 0.567. The van der Waals surface area contributed by atoms with E-state index in [4.69, 9.17) is 9.97 Å². The molecular formula is C24H24F3N5O2. The van der Waals surface area contributed by atoms with Crippen LogP contribution in [0.3, 0.4) is 0 Å². The van der Waals surface area contributed by atoms with E-state index in [0.29, 0.717) is 24.2 Å². The summed E-state index contributed by atoms with van der Waals surface area (Å²) in [5.41, 5.74) is 3.08. The molecule has 2 saturated heterocycles. The van der Waals surface area contributed by atoms with Crippen molar-refractivity contribution >= 4 is 28.4 Å². The molecule has 2 fully saturated rings. The van der Waals surface area contributed by atoms with E-state index in [1.807, 2.05) is 25.1 Å². The third-order valence-corrected chi connectivity index (χ3v) is 6.27. The monoisotopic (exact) mass is 471 g/mol. The molecule has 1 aromatic heterocycles. The number of piperazine rings is 1. The van der Waals surface area contributed by atoms with Crippen LogP contribution in [0, 0.1) is 6.92 Å². The van der Waals surface area contributed by atoms with Crippen LogP contribution in [0.5, 0.6) is 5.75 Å². The summed E-state index contributed by atoms with van der Waals surface area (Å²) < 4.78 is 40.6. The maximum atomic E-state index is 12.4. The van der Waals surface area contributed by atoms with Gasteiger partial charge in [-0.1, -0.05) is 12.1 Å². The molecule has 1 amide bonds. The summed E-state index contributed by atoms with van der Waals surface area (Å²) in [7, 11) is 0. The Kier molecular flexibility index (Phi) is 5.76. The summed E-state index contributed by atoms with van der Waals surface area (Å²) in [5.74, 6) is 0.278. The highest BCUT2D eigenvalue weighted by Gasteiger charge is 2.39. The molecule has 3 aromatic rings. The van der Waals surface area contributed by atoms with Crippen molar-refractivity contribution in [3.05, 3.63) is 53.7 Å². The summed E-state index contributed by atoms with van der Waals surface area (Å²) in [6.07, 6.45) is -3.02. The Hall–Kier alpha value is -3.40. The van der Waals surface area contributed by atoms with Crippen molar-refractivity contribution < 1.29 is 22.7 Å². The van der Waals surface area contributed by atoms with E-state index in [0.717, 1.165) is 47.6 Å². The molecule has 0 aliphatic carbocycles. The number of hydrogen-bond acceptors (Lipinski definition) is 6. The fraction of sp³-hybridized carbons (Fsp3) is 0.375. The van der Waals surface area contributed by atoms with Crippen LogP contribution in [0.2, 0.25) is 0 Å². The summed E-state index contributed by atoms with van der Waals surface area (Å²) in [4.78, 5) is 24.2. The average Bonchev–Trinajstić information content (AvgIpc) is 3.42. The van der Waals surface area contributed by atoms with Crippen LogP contribution in [-0.4, -0.2) is 47.4 Å². The molecule has 2 aromatic carbocycles. The second-order valence-corrected chi connectivity index (χ2v) is 8.73. The van der Waals surface area contributed by atoms with Crippen LogP contribution in [0.25, 0.3) is 10.9 Å². The normalized spacial score (nSPS) is 19.6. The van der Waals surface area contributed by atoms with Crippen LogP contribution in [-0.2, 0) is 11.2 Å². The van der Waals surface area contributed by atoms with Gasteiger partial charge in [0.1, 0.15) is 5.75 Å². The number of hydrogen-bond donors (Lipinski definition) is 2. The van der Waals surface area contributed by atoms with Gasteiger partial charge in [0.25, 0.3) is 0 Å². The van der Waals surface area contributed by atoms with Gasteiger partial charge in [-0.15, -0.1) is 13.2 Å². The smallest absolute Gasteiger partial charge is 0.406 e. The number of nitrogens with one attached hydrogen (secondary N) is 2. The van der Waals surface area contributed by atoms with Crippen LogP contribution in [0.4, 0.5) is 24.8 Å². The Morgan fingerprint density at radius 3 is 2.68 bits per heavy atom. The third-order valence-electron chi connectivity index (χ3n) is 6.27. The van der Waals surface area contributed by atoms with Gasteiger partial charge in [0.15, 0.2) is 0 Å². The van der Waals surface area contributed by atoms with Gasteiger partial charge >= 0.3 is 6.36 Å². The molecule has 2 atom stereocenters. The van der Waals surface area contributed by atoms with Crippen molar-refractivity contribution in [1.29, 1.82) is 0 Å². The molecular weight excluding hydrogens is 447 g/mol. The van der Waals surface area contributed by atoms with Crippen LogP contribution < -0.4 is 20.3 Å². The fourth-order valence-corrected chi connectivity index (χ4v) is 4.62. The highest BCUT2D eigenvalue weighted by Crippen LogP contribution is 2.30. The molecule has 5 rings (SSSR count). The first-order valence-corrected chi connectivity index (χ1v) is 11.2. The number of ether oxygens (including phenoxy) is 1. The maximum Gasteiger partial charge on any atom is 0.573 e. The second kappa shape index (κ2) is 8.75. The van der Waals surface area contributed by atoms with E-state index in [-0.39, 0.29) is 18.1 Å². The molecule has 10 heteroatoms. The van der Waals surface area contributed by atoms with E-state index in [9.17, 15) is 18.0 Å². The fourth-order valence-electron chi connectivity index (χ4n) is 4.62. The number of benzene rings is 2.